The number of amides is 2. The van der Waals surface area contributed by atoms with Crippen molar-refractivity contribution in [1.82, 2.24) is 9.80 Å². The summed E-state index contributed by atoms with van der Waals surface area (Å²) in [4.78, 5) is 25.0. The van der Waals surface area contributed by atoms with Gasteiger partial charge in [-0.2, -0.15) is 0 Å². The molecule has 0 aromatic carbocycles. The minimum absolute atomic E-state index is 0.280. The van der Waals surface area contributed by atoms with Crippen LogP contribution < -0.4 is 0 Å². The number of methoxy groups -OCH3 is 1. The van der Waals surface area contributed by atoms with Crippen LogP contribution in [0.1, 0.15) is 89.3 Å². The smallest absolute Gasteiger partial charge is 0.410 e. The van der Waals surface area contributed by atoms with Crippen molar-refractivity contribution >= 4 is 34.8 Å². The molecule has 2 aliphatic heterocycles. The van der Waals surface area contributed by atoms with Gasteiger partial charge in [-0.3, -0.25) is 0 Å². The quantitative estimate of drug-likeness (QED) is 0.331. The number of hydrogen-bond acceptors (Lipinski definition) is 6. The van der Waals surface area contributed by atoms with Gasteiger partial charge in [-0.1, -0.05) is 22.6 Å². The van der Waals surface area contributed by atoms with Crippen molar-refractivity contribution in [2.24, 2.45) is 0 Å². The zero-order valence-electron chi connectivity index (χ0n) is 27.4. The largest absolute Gasteiger partial charge is 0.444 e. The Kier molecular flexibility index (Phi) is 9.14. The minimum atomic E-state index is -2.40. The number of ether oxygens (including phenoxy) is 3. The van der Waals surface area contributed by atoms with Gasteiger partial charge in [-0.25, -0.2) is 9.59 Å². The summed E-state index contributed by atoms with van der Waals surface area (Å²) in [5.74, 6) is 0. The first-order valence-electron chi connectivity index (χ1n) is 14.2. The maximum Gasteiger partial charge on any atom is 0.410 e. The number of halogens is 1. The Morgan fingerprint density at radius 3 is 1.48 bits per heavy atom. The second-order valence-corrected chi connectivity index (χ2v) is 11.0. The number of carbonyl (C=O) groups excluding carboxylic acids is 2. The van der Waals surface area contributed by atoms with Crippen molar-refractivity contribution in [2.75, 3.05) is 38.1 Å². The SMILES string of the molecule is CC1(O)CCN(C(=O)OC(C)(C)C)CC1.[2H]C([2H])([2H])I.[2H]C([2H])([2H])OC1(C)CCN(C(=O)OC(C)(C)C)CC1. The molecule has 2 rings (SSSR count). The van der Waals surface area contributed by atoms with Crippen LogP contribution in [0.5, 0.6) is 0 Å². The number of piperidine rings is 2. The molecule has 2 saturated heterocycles. The highest BCUT2D eigenvalue weighted by Gasteiger charge is 2.33. The molecule has 0 radical (unpaired) electrons. The van der Waals surface area contributed by atoms with Crippen LogP contribution in [0.2, 0.25) is 0 Å². The molecule has 0 unspecified atom stereocenters. The molecule has 2 aliphatic rings. The lowest BCUT2D eigenvalue weighted by atomic mass is 9.94. The predicted octanol–water partition coefficient (Wildman–Crippen LogP) is 5.24. The maximum absolute atomic E-state index is 11.9. The molecule has 2 heterocycles. The number of nitrogens with zero attached hydrogens (tertiary/aromatic N) is 2. The topological polar surface area (TPSA) is 88.5 Å². The molecule has 1 N–H and O–H groups in total. The summed E-state index contributed by atoms with van der Waals surface area (Å²) in [7, 11) is -2.40. The summed E-state index contributed by atoms with van der Waals surface area (Å²) in [6.45, 7) is 16.6. The third kappa shape index (κ3) is 13.6. The van der Waals surface area contributed by atoms with Crippen molar-refractivity contribution in [2.45, 2.75) is 103 Å². The Morgan fingerprint density at radius 2 is 1.18 bits per heavy atom. The van der Waals surface area contributed by atoms with Gasteiger partial charge in [0, 0.05) is 37.3 Å². The number of rotatable bonds is 1. The lowest BCUT2D eigenvalue weighted by molar-refractivity contribution is -0.0479. The van der Waals surface area contributed by atoms with E-state index in [1.165, 1.54) is 22.6 Å². The van der Waals surface area contributed by atoms with Crippen LogP contribution in [-0.2, 0) is 14.2 Å². The molecule has 0 spiro atoms. The molecular formula is C24H47IN2O6. The fourth-order valence-corrected chi connectivity index (χ4v) is 3.09. The van der Waals surface area contributed by atoms with Gasteiger partial charge in [0.1, 0.15) is 11.2 Å². The lowest BCUT2D eigenvalue weighted by Crippen LogP contribution is -2.47. The molecule has 0 atom stereocenters. The lowest BCUT2D eigenvalue weighted by Gasteiger charge is -2.38. The predicted molar refractivity (Wildman–Crippen MR) is 140 cm³/mol. The number of aliphatic hydroxyl groups is 1. The minimum Gasteiger partial charge on any atom is -0.444 e. The number of carbonyl (C=O) groups is 2. The molecule has 0 saturated carbocycles. The molecule has 33 heavy (non-hydrogen) atoms. The molecular weight excluding hydrogens is 539 g/mol. The van der Waals surface area contributed by atoms with E-state index in [9.17, 15) is 14.7 Å². The van der Waals surface area contributed by atoms with E-state index in [4.69, 9.17) is 22.4 Å². The third-order valence-corrected chi connectivity index (χ3v) is 5.21. The van der Waals surface area contributed by atoms with Crippen LogP contribution in [0.25, 0.3) is 0 Å². The molecule has 0 aliphatic carbocycles. The molecule has 8 nitrogen and oxygen atoms in total. The number of hydrogen-bond donors (Lipinski definition) is 1. The molecule has 0 bridgehead atoms. The van der Waals surface area contributed by atoms with Crippen molar-refractivity contribution in [3.63, 3.8) is 0 Å². The highest BCUT2D eigenvalue weighted by molar-refractivity contribution is 14.1. The van der Waals surface area contributed by atoms with Gasteiger partial charge in [0.15, 0.2) is 0 Å². The Hall–Kier alpha value is -0.810. The Morgan fingerprint density at radius 1 is 0.848 bits per heavy atom. The summed E-state index contributed by atoms with van der Waals surface area (Å²) in [6, 6.07) is 0. The van der Waals surface area contributed by atoms with Gasteiger partial charge in [-0.15, -0.1) is 0 Å². The third-order valence-electron chi connectivity index (χ3n) is 5.21. The summed E-state index contributed by atoms with van der Waals surface area (Å²) < 4.78 is 55.9. The molecule has 196 valence electrons. The van der Waals surface area contributed by atoms with E-state index >= 15 is 0 Å². The summed E-state index contributed by atoms with van der Waals surface area (Å²) in [6.07, 6.45) is 1.58. The number of alkyl halides is 1. The van der Waals surface area contributed by atoms with Crippen molar-refractivity contribution in [3.05, 3.63) is 0 Å². The van der Waals surface area contributed by atoms with Crippen molar-refractivity contribution < 1.29 is 37.1 Å². The first-order chi connectivity index (χ1) is 17.1. The van der Waals surface area contributed by atoms with E-state index < -0.39 is 34.3 Å². The second kappa shape index (κ2) is 13.3. The van der Waals surface area contributed by atoms with E-state index in [2.05, 4.69) is 0 Å². The van der Waals surface area contributed by atoms with Gasteiger partial charge in [0.05, 0.1) is 15.3 Å². The average Bonchev–Trinajstić information content (AvgIpc) is 2.63. The van der Waals surface area contributed by atoms with Gasteiger partial charge in [0.25, 0.3) is 0 Å². The van der Waals surface area contributed by atoms with Gasteiger partial charge in [-0.05, 0) is 85.9 Å². The van der Waals surface area contributed by atoms with E-state index in [0.717, 1.165) is 0 Å². The van der Waals surface area contributed by atoms with Gasteiger partial charge < -0.3 is 29.1 Å². The Bertz CT molecular complexity index is 770. The van der Waals surface area contributed by atoms with Crippen molar-refractivity contribution in [1.29, 1.82) is 0 Å². The fraction of sp³-hybridized carbons (Fsp3) is 0.917. The van der Waals surface area contributed by atoms with Crippen LogP contribution in [-0.4, -0.2) is 87.6 Å². The monoisotopic (exact) mass is 592 g/mol. The molecule has 2 amide bonds. The summed E-state index contributed by atoms with van der Waals surface area (Å²) in [5.41, 5.74) is -2.30. The Labute approximate surface area is 223 Å². The van der Waals surface area contributed by atoms with Crippen LogP contribution >= 0.6 is 22.6 Å². The Balaban J connectivity index is 0.000000643. The molecule has 2 fully saturated rings. The zero-order chi connectivity index (χ0) is 31.1. The fourth-order valence-electron chi connectivity index (χ4n) is 3.09. The van der Waals surface area contributed by atoms with Gasteiger partial charge in [0.2, 0.25) is 0 Å². The first-order valence-corrected chi connectivity index (χ1v) is 12.3. The average molecular weight is 593 g/mol. The number of likely N-dealkylation sites (tertiary alicyclic amines) is 2. The van der Waals surface area contributed by atoms with E-state index in [-0.39, 0.29) is 12.2 Å². The van der Waals surface area contributed by atoms with Crippen LogP contribution in [0.4, 0.5) is 9.59 Å². The van der Waals surface area contributed by atoms with Crippen molar-refractivity contribution in [3.8, 4) is 0 Å². The highest BCUT2D eigenvalue weighted by Crippen LogP contribution is 2.26. The maximum atomic E-state index is 11.9. The molecule has 9 heteroatoms. The first kappa shape index (κ1) is 22.6. The summed E-state index contributed by atoms with van der Waals surface area (Å²) in [5, 5.41) is 9.73. The van der Waals surface area contributed by atoms with E-state index in [1.807, 2.05) is 41.5 Å². The standard InChI is InChI=1S/C12H23NO3.C11H21NO3.CH3I/c1-11(2,3)16-10(14)13-8-6-12(4,15-5)7-9-13;1-10(2,3)15-9(13)12-7-5-11(4,14)6-8-12;1-2/h6-9H2,1-5H3;14H,5-8H2,1-4H3;1H3/i5D3;;1D3. The zero-order valence-corrected chi connectivity index (χ0v) is 23.6. The molecule has 0 aromatic heterocycles. The van der Waals surface area contributed by atoms with Crippen LogP contribution in [0, 0.1) is 0 Å². The summed E-state index contributed by atoms with van der Waals surface area (Å²) >= 11 is 1.38. The van der Waals surface area contributed by atoms with Crippen LogP contribution in [0.3, 0.4) is 0 Å². The normalized spacial score (nSPS) is 23.3. The second-order valence-electron chi connectivity index (χ2n) is 11.0. The molecule has 0 aromatic rings. The van der Waals surface area contributed by atoms with Crippen LogP contribution in [0.15, 0.2) is 0 Å². The van der Waals surface area contributed by atoms with E-state index in [0.29, 0.717) is 51.9 Å². The van der Waals surface area contributed by atoms with Gasteiger partial charge >= 0.3 is 12.2 Å². The highest BCUT2D eigenvalue weighted by atomic mass is 127. The van der Waals surface area contributed by atoms with E-state index in [1.54, 1.807) is 23.6 Å².